The molecule has 0 spiro atoms. The molecular weight excluding hydrogens is 192 g/mol. The van der Waals surface area contributed by atoms with E-state index in [2.05, 4.69) is 34.6 Å². The minimum absolute atomic E-state index is 1.01. The van der Waals surface area contributed by atoms with Crippen molar-refractivity contribution in [3.63, 3.8) is 0 Å². The van der Waals surface area contributed by atoms with Crippen LogP contribution in [0.3, 0.4) is 0 Å². The van der Waals surface area contributed by atoms with Crippen LogP contribution in [0.2, 0.25) is 0 Å². The fourth-order valence-electron chi connectivity index (χ4n) is 3.76. The van der Waals surface area contributed by atoms with Crippen LogP contribution in [-0.2, 0) is 0 Å². The first-order valence-electron chi connectivity index (χ1n) is 7.60. The predicted molar refractivity (Wildman–Crippen MR) is 73.5 cm³/mol. The molecule has 0 aromatic heterocycles. The van der Waals surface area contributed by atoms with Gasteiger partial charge in [0, 0.05) is 0 Å². The van der Waals surface area contributed by atoms with Crippen molar-refractivity contribution in [3.8, 4) is 0 Å². The largest absolute Gasteiger partial charge is 0.0656 e. The third-order valence-electron chi connectivity index (χ3n) is 4.76. The van der Waals surface area contributed by atoms with Gasteiger partial charge in [0.2, 0.25) is 0 Å². The van der Waals surface area contributed by atoms with E-state index in [0.717, 1.165) is 29.6 Å². The van der Waals surface area contributed by atoms with E-state index in [9.17, 15) is 0 Å². The molecule has 2 aliphatic rings. The minimum Gasteiger partial charge on any atom is -0.0656 e. The second-order valence-corrected chi connectivity index (χ2v) is 6.48. The molecule has 2 rings (SSSR count). The number of hydrogen-bond donors (Lipinski definition) is 0. The fourth-order valence-corrected chi connectivity index (χ4v) is 3.76. The van der Waals surface area contributed by atoms with E-state index in [1.807, 2.05) is 0 Å². The smallest absolute Gasteiger partial charge is 0.0355 e. The first-order chi connectivity index (χ1) is 7.60. The Bertz CT molecular complexity index is 184. The molecule has 0 N–H and O–H groups in total. The molecule has 0 aliphatic heterocycles. The average molecular weight is 224 g/mol. The molecule has 0 nitrogen and oxygen atoms in total. The zero-order chi connectivity index (χ0) is 12.1. The Morgan fingerprint density at radius 1 is 0.750 bits per heavy atom. The van der Waals surface area contributed by atoms with Crippen molar-refractivity contribution in [3.05, 3.63) is 0 Å². The first-order valence-corrected chi connectivity index (χ1v) is 7.60. The van der Waals surface area contributed by atoms with Crippen LogP contribution in [0.25, 0.3) is 0 Å². The van der Waals surface area contributed by atoms with Gasteiger partial charge >= 0.3 is 0 Å². The molecule has 0 bridgehead atoms. The lowest BCUT2D eigenvalue weighted by Crippen LogP contribution is -2.36. The molecule has 16 heavy (non-hydrogen) atoms. The van der Waals surface area contributed by atoms with Crippen LogP contribution >= 0.6 is 0 Å². The summed E-state index contributed by atoms with van der Waals surface area (Å²) in [6, 6.07) is 0. The van der Waals surface area contributed by atoms with Crippen molar-refractivity contribution in [1.82, 2.24) is 0 Å². The number of fused-ring (bicyclic) bond motifs is 1. The van der Waals surface area contributed by atoms with Crippen LogP contribution in [0, 0.1) is 29.6 Å². The molecule has 0 aromatic rings. The topological polar surface area (TPSA) is 0 Å². The maximum absolute atomic E-state index is 2.49. The second-order valence-electron chi connectivity index (χ2n) is 6.48. The number of hydrogen-bond acceptors (Lipinski definition) is 0. The molecule has 0 aromatic carbocycles. The molecule has 96 valence electrons. The maximum atomic E-state index is 2.49. The minimum atomic E-state index is 1.01. The zero-order valence-corrected chi connectivity index (χ0v) is 12.1. The standard InChI is InChI=1S/C13H24.C3H8/c1-9-4-7-12-10(2)5-6-11(3)13(12)8-9;1-3-2/h9-13H,4-8H2,1-3H3;3H2,1-2H3. The van der Waals surface area contributed by atoms with E-state index in [-0.39, 0.29) is 0 Å². The van der Waals surface area contributed by atoms with Crippen LogP contribution in [0.5, 0.6) is 0 Å². The van der Waals surface area contributed by atoms with Crippen molar-refractivity contribution in [1.29, 1.82) is 0 Å². The SMILES string of the molecule is CC1CCC2C(C)CCC(C)C2C1.CCC. The van der Waals surface area contributed by atoms with Gasteiger partial charge < -0.3 is 0 Å². The summed E-state index contributed by atoms with van der Waals surface area (Å²) in [5.74, 6) is 5.21. The normalized spacial score (nSPS) is 42.9. The third kappa shape index (κ3) is 3.50. The summed E-state index contributed by atoms with van der Waals surface area (Å²) < 4.78 is 0. The van der Waals surface area contributed by atoms with Crippen molar-refractivity contribution in [2.24, 2.45) is 29.6 Å². The van der Waals surface area contributed by atoms with Crippen molar-refractivity contribution in [2.75, 3.05) is 0 Å². The summed E-state index contributed by atoms with van der Waals surface area (Å²) in [5.41, 5.74) is 0. The van der Waals surface area contributed by atoms with Crippen molar-refractivity contribution >= 4 is 0 Å². The molecule has 2 aliphatic carbocycles. The van der Waals surface area contributed by atoms with E-state index >= 15 is 0 Å². The molecule has 0 heteroatoms. The van der Waals surface area contributed by atoms with Gasteiger partial charge in [0.1, 0.15) is 0 Å². The van der Waals surface area contributed by atoms with E-state index in [1.54, 1.807) is 0 Å². The molecule has 0 radical (unpaired) electrons. The van der Waals surface area contributed by atoms with Gasteiger partial charge in [-0.05, 0) is 42.4 Å². The van der Waals surface area contributed by atoms with Crippen LogP contribution < -0.4 is 0 Å². The Morgan fingerprint density at radius 3 is 1.81 bits per heavy atom. The van der Waals surface area contributed by atoms with Gasteiger partial charge in [0.15, 0.2) is 0 Å². The predicted octanol–water partition coefficient (Wildman–Crippen LogP) is 5.52. The van der Waals surface area contributed by atoms with Gasteiger partial charge in [0.05, 0.1) is 0 Å². The van der Waals surface area contributed by atoms with E-state index < -0.39 is 0 Å². The van der Waals surface area contributed by atoms with Gasteiger partial charge in [-0.1, -0.05) is 60.3 Å². The average Bonchev–Trinajstić information content (AvgIpc) is 2.25. The van der Waals surface area contributed by atoms with Crippen molar-refractivity contribution < 1.29 is 0 Å². The van der Waals surface area contributed by atoms with Crippen LogP contribution in [-0.4, -0.2) is 0 Å². The molecular formula is C16H32. The Balaban J connectivity index is 0.000000386. The third-order valence-corrected chi connectivity index (χ3v) is 4.76. The highest BCUT2D eigenvalue weighted by Gasteiger charge is 2.38. The van der Waals surface area contributed by atoms with Gasteiger partial charge in [0.25, 0.3) is 0 Å². The lowest BCUT2D eigenvalue weighted by Gasteiger charge is -2.45. The second kappa shape index (κ2) is 6.67. The summed E-state index contributed by atoms with van der Waals surface area (Å²) >= 11 is 0. The molecule has 2 fully saturated rings. The highest BCUT2D eigenvalue weighted by atomic mass is 14.4. The Kier molecular flexibility index (Phi) is 5.86. The Labute approximate surface area is 103 Å². The molecule has 0 heterocycles. The van der Waals surface area contributed by atoms with E-state index in [4.69, 9.17) is 0 Å². The first kappa shape index (κ1) is 14.1. The van der Waals surface area contributed by atoms with Gasteiger partial charge in [-0.25, -0.2) is 0 Å². The summed E-state index contributed by atoms with van der Waals surface area (Å²) in [6.07, 6.45) is 8.79. The quantitative estimate of drug-likeness (QED) is 0.508. The number of rotatable bonds is 0. The van der Waals surface area contributed by atoms with Crippen LogP contribution in [0.1, 0.15) is 73.1 Å². The summed E-state index contributed by atoms with van der Waals surface area (Å²) in [4.78, 5) is 0. The monoisotopic (exact) mass is 224 g/mol. The zero-order valence-electron chi connectivity index (χ0n) is 12.1. The molecule has 5 atom stereocenters. The lowest BCUT2D eigenvalue weighted by atomic mass is 9.60. The van der Waals surface area contributed by atoms with Gasteiger partial charge in [-0.15, -0.1) is 0 Å². The van der Waals surface area contributed by atoms with Crippen molar-refractivity contribution in [2.45, 2.75) is 73.1 Å². The molecule has 5 unspecified atom stereocenters. The molecule has 2 saturated carbocycles. The highest BCUT2D eigenvalue weighted by Crippen LogP contribution is 2.47. The summed E-state index contributed by atoms with van der Waals surface area (Å²) in [6.45, 7) is 11.7. The highest BCUT2D eigenvalue weighted by molar-refractivity contribution is 4.88. The Hall–Kier alpha value is 0. The summed E-state index contributed by atoms with van der Waals surface area (Å²) in [7, 11) is 0. The molecule has 0 amide bonds. The lowest BCUT2D eigenvalue weighted by molar-refractivity contribution is 0.0465. The Morgan fingerprint density at radius 2 is 1.25 bits per heavy atom. The fraction of sp³-hybridized carbons (Fsp3) is 1.00. The van der Waals surface area contributed by atoms with Crippen LogP contribution in [0.15, 0.2) is 0 Å². The van der Waals surface area contributed by atoms with Gasteiger partial charge in [-0.2, -0.15) is 0 Å². The van der Waals surface area contributed by atoms with Gasteiger partial charge in [-0.3, -0.25) is 0 Å². The maximum Gasteiger partial charge on any atom is -0.0355 e. The van der Waals surface area contributed by atoms with E-state index in [0.29, 0.717) is 0 Å². The molecule has 0 saturated heterocycles. The summed E-state index contributed by atoms with van der Waals surface area (Å²) in [5, 5.41) is 0. The van der Waals surface area contributed by atoms with E-state index in [1.165, 1.54) is 38.5 Å². The van der Waals surface area contributed by atoms with Crippen LogP contribution in [0.4, 0.5) is 0 Å².